The lowest BCUT2D eigenvalue weighted by atomic mass is 10.1. The van der Waals surface area contributed by atoms with Crippen LogP contribution in [0.2, 0.25) is 0 Å². The number of amides is 2. The molecule has 5 heteroatoms. The van der Waals surface area contributed by atoms with E-state index < -0.39 is 0 Å². The Labute approximate surface area is 137 Å². The summed E-state index contributed by atoms with van der Waals surface area (Å²) in [6.45, 7) is 2.78. The van der Waals surface area contributed by atoms with Crippen LogP contribution in [0.3, 0.4) is 0 Å². The lowest BCUT2D eigenvalue weighted by molar-refractivity contribution is -0.116. The maximum atomic E-state index is 12.3. The second-order valence-electron chi connectivity index (χ2n) is 6.46. The third-order valence-corrected chi connectivity index (χ3v) is 4.69. The highest BCUT2D eigenvalue weighted by atomic mass is 16.2. The molecule has 0 saturated carbocycles. The highest BCUT2D eigenvalue weighted by Crippen LogP contribution is 2.16. The highest BCUT2D eigenvalue weighted by Gasteiger charge is 2.19. The molecule has 2 fully saturated rings. The van der Waals surface area contributed by atoms with Gasteiger partial charge in [-0.25, -0.2) is 0 Å². The van der Waals surface area contributed by atoms with Crippen LogP contribution in [0.4, 0.5) is 5.69 Å². The van der Waals surface area contributed by atoms with Crippen molar-refractivity contribution in [2.75, 3.05) is 25.0 Å². The van der Waals surface area contributed by atoms with E-state index in [0.717, 1.165) is 44.6 Å². The molecule has 0 spiro atoms. The first kappa shape index (κ1) is 16.0. The zero-order valence-corrected chi connectivity index (χ0v) is 13.5. The van der Waals surface area contributed by atoms with Crippen LogP contribution in [-0.2, 0) is 4.79 Å². The van der Waals surface area contributed by atoms with Gasteiger partial charge in [-0.05, 0) is 62.9 Å². The molecule has 3 rings (SSSR count). The maximum Gasteiger partial charge on any atom is 0.253 e. The zero-order chi connectivity index (χ0) is 16.1. The minimum Gasteiger partial charge on any atom is -0.339 e. The Morgan fingerprint density at radius 3 is 2.52 bits per heavy atom. The predicted molar refractivity (Wildman–Crippen MR) is 90.5 cm³/mol. The zero-order valence-electron chi connectivity index (χ0n) is 13.5. The third kappa shape index (κ3) is 4.32. The van der Waals surface area contributed by atoms with Crippen LogP contribution in [0.15, 0.2) is 24.3 Å². The molecular weight excluding hydrogens is 290 g/mol. The van der Waals surface area contributed by atoms with E-state index in [0.29, 0.717) is 18.0 Å². The number of carbonyl (C=O) groups excluding carboxylic acids is 2. The number of rotatable bonds is 5. The van der Waals surface area contributed by atoms with Crippen molar-refractivity contribution in [1.82, 2.24) is 10.2 Å². The summed E-state index contributed by atoms with van der Waals surface area (Å²) in [6.07, 6.45) is 5.98. The van der Waals surface area contributed by atoms with E-state index in [9.17, 15) is 9.59 Å². The average Bonchev–Trinajstić information content (AvgIpc) is 3.26. The summed E-state index contributed by atoms with van der Waals surface area (Å²) < 4.78 is 0. The number of anilines is 1. The van der Waals surface area contributed by atoms with E-state index in [1.165, 1.54) is 12.8 Å². The first-order valence-electron chi connectivity index (χ1n) is 8.65. The molecule has 1 atom stereocenters. The van der Waals surface area contributed by atoms with Gasteiger partial charge in [-0.1, -0.05) is 0 Å². The van der Waals surface area contributed by atoms with Gasteiger partial charge in [-0.2, -0.15) is 0 Å². The van der Waals surface area contributed by atoms with Gasteiger partial charge in [-0.15, -0.1) is 0 Å². The molecule has 2 saturated heterocycles. The van der Waals surface area contributed by atoms with Crippen LogP contribution in [0.25, 0.3) is 0 Å². The van der Waals surface area contributed by atoms with Gasteiger partial charge in [-0.3, -0.25) is 9.59 Å². The number of nitrogens with zero attached hydrogens (tertiary/aromatic N) is 1. The van der Waals surface area contributed by atoms with Gasteiger partial charge >= 0.3 is 0 Å². The van der Waals surface area contributed by atoms with Crippen molar-refractivity contribution < 1.29 is 9.59 Å². The van der Waals surface area contributed by atoms with Gasteiger partial charge in [0.15, 0.2) is 0 Å². The van der Waals surface area contributed by atoms with Gasteiger partial charge in [0.25, 0.3) is 5.91 Å². The van der Waals surface area contributed by atoms with E-state index in [1.54, 1.807) is 12.1 Å². The topological polar surface area (TPSA) is 61.4 Å². The second kappa shape index (κ2) is 7.59. The summed E-state index contributed by atoms with van der Waals surface area (Å²) in [5, 5.41) is 6.31. The fourth-order valence-electron chi connectivity index (χ4n) is 3.33. The third-order valence-electron chi connectivity index (χ3n) is 4.69. The summed E-state index contributed by atoms with van der Waals surface area (Å²) in [6, 6.07) is 7.72. The maximum absolute atomic E-state index is 12.3. The van der Waals surface area contributed by atoms with Crippen LogP contribution >= 0.6 is 0 Å². The molecule has 1 aromatic rings. The monoisotopic (exact) mass is 315 g/mol. The van der Waals surface area contributed by atoms with E-state index in [4.69, 9.17) is 0 Å². The normalized spacial score (nSPS) is 20.7. The smallest absolute Gasteiger partial charge is 0.253 e. The fraction of sp³-hybridized carbons (Fsp3) is 0.556. The van der Waals surface area contributed by atoms with Crippen LogP contribution in [0.1, 0.15) is 48.9 Å². The molecule has 2 heterocycles. The average molecular weight is 315 g/mol. The summed E-state index contributed by atoms with van der Waals surface area (Å²) >= 11 is 0. The Morgan fingerprint density at radius 1 is 1.13 bits per heavy atom. The summed E-state index contributed by atoms with van der Waals surface area (Å²) in [5.41, 5.74) is 1.45. The van der Waals surface area contributed by atoms with Crippen molar-refractivity contribution in [1.29, 1.82) is 0 Å². The Kier molecular flexibility index (Phi) is 5.28. The van der Waals surface area contributed by atoms with Gasteiger partial charge in [0.1, 0.15) is 0 Å². The van der Waals surface area contributed by atoms with Crippen molar-refractivity contribution >= 4 is 17.5 Å². The molecule has 0 radical (unpaired) electrons. The molecule has 2 N–H and O–H groups in total. The fourth-order valence-corrected chi connectivity index (χ4v) is 3.33. The molecule has 0 aromatic heterocycles. The molecule has 2 aliphatic heterocycles. The molecule has 2 amide bonds. The predicted octanol–water partition coefficient (Wildman–Crippen LogP) is 2.39. The van der Waals surface area contributed by atoms with Gasteiger partial charge in [0.05, 0.1) is 0 Å². The number of likely N-dealkylation sites (tertiary alicyclic amines) is 1. The Morgan fingerprint density at radius 2 is 1.87 bits per heavy atom. The number of hydrogen-bond donors (Lipinski definition) is 2. The first-order valence-corrected chi connectivity index (χ1v) is 8.65. The Bertz CT molecular complexity index is 544. The Hall–Kier alpha value is -1.88. The van der Waals surface area contributed by atoms with Crippen molar-refractivity contribution in [2.45, 2.75) is 44.6 Å². The second-order valence-corrected chi connectivity index (χ2v) is 6.46. The van der Waals surface area contributed by atoms with Crippen molar-refractivity contribution in [3.05, 3.63) is 29.8 Å². The first-order chi connectivity index (χ1) is 11.2. The van der Waals surface area contributed by atoms with Crippen molar-refractivity contribution in [3.8, 4) is 0 Å². The molecule has 23 heavy (non-hydrogen) atoms. The van der Waals surface area contributed by atoms with Crippen LogP contribution < -0.4 is 10.6 Å². The number of hydrogen-bond acceptors (Lipinski definition) is 3. The number of benzene rings is 1. The minimum atomic E-state index is 0.0392. The summed E-state index contributed by atoms with van der Waals surface area (Å²) in [7, 11) is 0. The number of carbonyl (C=O) groups is 2. The number of nitrogens with one attached hydrogen (secondary N) is 2. The van der Waals surface area contributed by atoms with Gasteiger partial charge in [0.2, 0.25) is 5.91 Å². The van der Waals surface area contributed by atoms with Crippen molar-refractivity contribution in [3.63, 3.8) is 0 Å². The lowest BCUT2D eigenvalue weighted by Gasteiger charge is -2.15. The SMILES string of the molecule is O=C(CCC1CCCN1)Nc1ccc(C(=O)N2CCCC2)cc1. The quantitative estimate of drug-likeness (QED) is 0.877. The van der Waals surface area contributed by atoms with Gasteiger partial charge < -0.3 is 15.5 Å². The highest BCUT2D eigenvalue weighted by molar-refractivity contribution is 5.96. The van der Waals surface area contributed by atoms with Crippen molar-refractivity contribution in [2.24, 2.45) is 0 Å². The molecule has 124 valence electrons. The van der Waals surface area contributed by atoms with E-state index >= 15 is 0 Å². The molecule has 0 aliphatic carbocycles. The van der Waals surface area contributed by atoms with E-state index in [-0.39, 0.29) is 11.8 Å². The largest absolute Gasteiger partial charge is 0.339 e. The lowest BCUT2D eigenvalue weighted by Crippen LogP contribution is -2.27. The molecule has 1 unspecified atom stereocenters. The standard InChI is InChI=1S/C18H25N3O2/c22-17(10-9-15-4-3-11-19-15)20-16-7-5-14(6-8-16)18(23)21-12-1-2-13-21/h5-8,15,19H,1-4,9-13H2,(H,20,22). The molecule has 5 nitrogen and oxygen atoms in total. The van der Waals surface area contributed by atoms with E-state index in [1.807, 2.05) is 17.0 Å². The minimum absolute atomic E-state index is 0.0392. The van der Waals surface area contributed by atoms with Crippen LogP contribution in [-0.4, -0.2) is 42.4 Å². The van der Waals surface area contributed by atoms with E-state index in [2.05, 4.69) is 10.6 Å². The molecular formula is C18H25N3O2. The summed E-state index contributed by atoms with van der Waals surface area (Å²) in [4.78, 5) is 26.1. The molecule has 0 bridgehead atoms. The summed E-state index contributed by atoms with van der Waals surface area (Å²) in [5.74, 6) is 0.130. The van der Waals surface area contributed by atoms with Crippen LogP contribution in [0, 0.1) is 0 Å². The molecule has 1 aromatic carbocycles. The molecule has 2 aliphatic rings. The van der Waals surface area contributed by atoms with Gasteiger partial charge in [0, 0.05) is 36.8 Å². The van der Waals surface area contributed by atoms with Crippen LogP contribution in [0.5, 0.6) is 0 Å². The Balaban J connectivity index is 1.48.